The van der Waals surface area contributed by atoms with Crippen molar-refractivity contribution >= 4 is 17.6 Å². The van der Waals surface area contributed by atoms with Gasteiger partial charge in [-0.3, -0.25) is 9.59 Å². The summed E-state index contributed by atoms with van der Waals surface area (Å²) < 4.78 is 5.14. The first kappa shape index (κ1) is 20.1. The third kappa shape index (κ3) is 4.54. The van der Waals surface area contributed by atoms with Crippen molar-refractivity contribution in [2.45, 2.75) is 64.3 Å². The minimum absolute atomic E-state index is 0.0320. The van der Waals surface area contributed by atoms with E-state index in [9.17, 15) is 9.59 Å². The van der Waals surface area contributed by atoms with Crippen LogP contribution in [-0.4, -0.2) is 27.5 Å². The smallest absolute Gasteiger partial charge is 0.257 e. The van der Waals surface area contributed by atoms with Crippen LogP contribution < -0.4 is 10.6 Å². The summed E-state index contributed by atoms with van der Waals surface area (Å²) in [6.07, 6.45) is 8.34. The quantitative estimate of drug-likeness (QED) is 0.757. The Kier molecular flexibility index (Phi) is 5.58. The van der Waals surface area contributed by atoms with E-state index in [1.807, 2.05) is 6.07 Å². The molecule has 2 aromatic heterocycles. The molecule has 7 heteroatoms. The SMILES string of the molecule is Cc1noc(C)c1C(=O)NC1(C#Cc2ccc(NC(=O)C3CC3)nc2)CCCCC1. The number of carbonyl (C=O) groups is 2. The Morgan fingerprint density at radius 2 is 1.93 bits per heavy atom. The maximum atomic E-state index is 12.9. The summed E-state index contributed by atoms with van der Waals surface area (Å²) in [7, 11) is 0. The summed E-state index contributed by atoms with van der Waals surface area (Å²) in [5, 5.41) is 9.86. The van der Waals surface area contributed by atoms with Crippen LogP contribution in [0, 0.1) is 31.6 Å². The molecule has 2 saturated carbocycles. The van der Waals surface area contributed by atoms with Crippen LogP contribution in [0.25, 0.3) is 0 Å². The lowest BCUT2D eigenvalue weighted by Crippen LogP contribution is -2.49. The van der Waals surface area contributed by atoms with E-state index in [2.05, 4.69) is 32.6 Å². The molecule has 0 radical (unpaired) electrons. The fraction of sp³-hybridized carbons (Fsp3) is 0.478. The van der Waals surface area contributed by atoms with E-state index >= 15 is 0 Å². The Hall–Kier alpha value is -3.14. The van der Waals surface area contributed by atoms with Crippen molar-refractivity contribution in [1.29, 1.82) is 0 Å². The standard InChI is InChI=1S/C23H26N4O3/c1-15-20(16(2)30-27-15)22(29)26-23(11-4-3-5-12-23)13-10-17-6-9-19(24-14-17)25-21(28)18-7-8-18/h6,9,14,18H,3-5,7-8,11-12H2,1-2H3,(H,26,29)(H,24,25,28). The number of anilines is 1. The van der Waals surface area contributed by atoms with Crippen LogP contribution in [0.2, 0.25) is 0 Å². The zero-order valence-corrected chi connectivity index (χ0v) is 17.4. The Morgan fingerprint density at radius 1 is 1.17 bits per heavy atom. The molecule has 0 bridgehead atoms. The molecule has 2 N–H and O–H groups in total. The maximum Gasteiger partial charge on any atom is 0.257 e. The average molecular weight is 406 g/mol. The second-order valence-corrected chi connectivity index (χ2v) is 8.24. The number of nitrogens with one attached hydrogen (secondary N) is 2. The summed E-state index contributed by atoms with van der Waals surface area (Å²) >= 11 is 0. The molecule has 2 aromatic rings. The van der Waals surface area contributed by atoms with Crippen molar-refractivity contribution in [2.24, 2.45) is 5.92 Å². The van der Waals surface area contributed by atoms with Gasteiger partial charge in [-0.05, 0) is 51.7 Å². The molecule has 0 atom stereocenters. The summed E-state index contributed by atoms with van der Waals surface area (Å²) in [6.45, 7) is 3.50. The third-order valence-corrected chi connectivity index (χ3v) is 5.73. The molecule has 30 heavy (non-hydrogen) atoms. The van der Waals surface area contributed by atoms with Gasteiger partial charge in [0.25, 0.3) is 5.91 Å². The first-order valence-corrected chi connectivity index (χ1v) is 10.5. The van der Waals surface area contributed by atoms with E-state index < -0.39 is 5.54 Å². The van der Waals surface area contributed by atoms with E-state index in [0.29, 0.717) is 22.8 Å². The number of amides is 2. The van der Waals surface area contributed by atoms with E-state index in [-0.39, 0.29) is 17.7 Å². The second kappa shape index (κ2) is 8.31. The monoisotopic (exact) mass is 406 g/mol. The van der Waals surface area contributed by atoms with E-state index in [0.717, 1.165) is 50.5 Å². The van der Waals surface area contributed by atoms with Gasteiger partial charge in [0.2, 0.25) is 5.91 Å². The molecule has 7 nitrogen and oxygen atoms in total. The van der Waals surface area contributed by atoms with Crippen molar-refractivity contribution in [3.8, 4) is 11.8 Å². The van der Waals surface area contributed by atoms with Crippen LogP contribution in [0.3, 0.4) is 0 Å². The lowest BCUT2D eigenvalue weighted by atomic mass is 9.81. The van der Waals surface area contributed by atoms with Crippen molar-refractivity contribution in [1.82, 2.24) is 15.5 Å². The molecule has 2 fully saturated rings. The molecule has 0 aromatic carbocycles. The number of carbonyl (C=O) groups excluding carboxylic acids is 2. The summed E-state index contributed by atoms with van der Waals surface area (Å²) in [5.74, 6) is 7.51. The van der Waals surface area contributed by atoms with Gasteiger partial charge < -0.3 is 15.2 Å². The fourth-order valence-electron chi connectivity index (χ4n) is 3.83. The normalized spacial score (nSPS) is 17.5. The molecule has 4 rings (SSSR count). The van der Waals surface area contributed by atoms with Crippen LogP contribution >= 0.6 is 0 Å². The highest BCUT2D eigenvalue weighted by atomic mass is 16.5. The summed E-state index contributed by atoms with van der Waals surface area (Å²) in [5.41, 5.74) is 1.23. The van der Waals surface area contributed by atoms with Gasteiger partial charge in [-0.15, -0.1) is 0 Å². The summed E-state index contributed by atoms with van der Waals surface area (Å²) in [6, 6.07) is 3.61. The van der Waals surface area contributed by atoms with Crippen LogP contribution in [-0.2, 0) is 4.79 Å². The third-order valence-electron chi connectivity index (χ3n) is 5.73. The number of rotatable bonds is 4. The predicted octanol–water partition coefficient (Wildman–Crippen LogP) is 3.52. The van der Waals surface area contributed by atoms with Crippen molar-refractivity contribution in [2.75, 3.05) is 5.32 Å². The van der Waals surface area contributed by atoms with Gasteiger partial charge in [-0.1, -0.05) is 36.3 Å². The first-order chi connectivity index (χ1) is 14.5. The number of nitrogens with zero attached hydrogens (tertiary/aromatic N) is 2. The first-order valence-electron chi connectivity index (χ1n) is 10.5. The Labute approximate surface area is 176 Å². The minimum atomic E-state index is -0.579. The zero-order chi connectivity index (χ0) is 21.1. The van der Waals surface area contributed by atoms with Gasteiger partial charge in [0, 0.05) is 17.7 Å². The fourth-order valence-corrected chi connectivity index (χ4v) is 3.83. The Morgan fingerprint density at radius 3 is 2.53 bits per heavy atom. The van der Waals surface area contributed by atoms with Gasteiger partial charge in [0.15, 0.2) is 0 Å². The number of hydrogen-bond acceptors (Lipinski definition) is 5. The zero-order valence-electron chi connectivity index (χ0n) is 17.4. The highest BCUT2D eigenvalue weighted by Crippen LogP contribution is 2.30. The summed E-state index contributed by atoms with van der Waals surface area (Å²) in [4.78, 5) is 29.1. The highest BCUT2D eigenvalue weighted by molar-refractivity contribution is 5.97. The van der Waals surface area contributed by atoms with Crippen LogP contribution in [0.4, 0.5) is 5.82 Å². The van der Waals surface area contributed by atoms with E-state index in [1.165, 1.54) is 0 Å². The molecule has 2 aliphatic rings. The van der Waals surface area contributed by atoms with Crippen molar-refractivity contribution < 1.29 is 14.1 Å². The maximum absolute atomic E-state index is 12.9. The molecule has 0 spiro atoms. The Balaban J connectivity index is 1.50. The van der Waals surface area contributed by atoms with Crippen molar-refractivity contribution in [3.05, 3.63) is 40.9 Å². The second-order valence-electron chi connectivity index (χ2n) is 8.24. The van der Waals surface area contributed by atoms with Crippen LogP contribution in [0.5, 0.6) is 0 Å². The van der Waals surface area contributed by atoms with Crippen LogP contribution in [0.1, 0.15) is 72.3 Å². The van der Waals surface area contributed by atoms with Crippen LogP contribution in [0.15, 0.2) is 22.9 Å². The average Bonchev–Trinajstić information content (AvgIpc) is 3.53. The molecule has 156 valence electrons. The molecule has 2 amide bonds. The largest absolute Gasteiger partial charge is 0.361 e. The number of aryl methyl sites for hydroxylation is 2. The van der Waals surface area contributed by atoms with Gasteiger partial charge in [-0.2, -0.15) is 0 Å². The molecular weight excluding hydrogens is 380 g/mol. The predicted molar refractivity (Wildman–Crippen MR) is 112 cm³/mol. The number of hydrogen-bond donors (Lipinski definition) is 2. The minimum Gasteiger partial charge on any atom is -0.361 e. The topological polar surface area (TPSA) is 97.1 Å². The van der Waals surface area contributed by atoms with Crippen molar-refractivity contribution in [3.63, 3.8) is 0 Å². The molecular formula is C23H26N4O3. The van der Waals surface area contributed by atoms with Gasteiger partial charge in [-0.25, -0.2) is 4.98 Å². The van der Waals surface area contributed by atoms with Gasteiger partial charge >= 0.3 is 0 Å². The molecule has 0 aliphatic heterocycles. The number of pyridine rings is 1. The highest BCUT2D eigenvalue weighted by Gasteiger charge is 2.33. The van der Waals surface area contributed by atoms with E-state index in [1.54, 1.807) is 26.1 Å². The molecule has 2 aliphatic carbocycles. The lowest BCUT2D eigenvalue weighted by molar-refractivity contribution is -0.117. The Bertz CT molecular complexity index is 984. The van der Waals surface area contributed by atoms with E-state index in [4.69, 9.17) is 4.52 Å². The molecule has 2 heterocycles. The lowest BCUT2D eigenvalue weighted by Gasteiger charge is -2.33. The molecule has 0 saturated heterocycles. The van der Waals surface area contributed by atoms with Gasteiger partial charge in [0.05, 0.1) is 5.69 Å². The van der Waals surface area contributed by atoms with Gasteiger partial charge in [0.1, 0.15) is 22.7 Å². The molecule has 0 unspecified atom stereocenters. The number of aromatic nitrogens is 2.